The first-order chi connectivity index (χ1) is 12.0. The summed E-state index contributed by atoms with van der Waals surface area (Å²) in [6.45, 7) is 2.67. The van der Waals surface area contributed by atoms with E-state index >= 15 is 0 Å². The summed E-state index contributed by atoms with van der Waals surface area (Å²) in [5.74, 6) is 2.19. The van der Waals surface area contributed by atoms with Gasteiger partial charge in [0.2, 0.25) is 5.91 Å². The molecule has 1 amide bonds. The summed E-state index contributed by atoms with van der Waals surface area (Å²) < 4.78 is 0. The molecule has 136 valence electrons. The molecule has 1 saturated carbocycles. The van der Waals surface area contributed by atoms with Crippen molar-refractivity contribution in [1.82, 2.24) is 9.80 Å². The number of hydrogen-bond donors (Lipinski definition) is 0. The molecule has 1 aromatic rings. The third kappa shape index (κ3) is 4.86. The van der Waals surface area contributed by atoms with Gasteiger partial charge in [0.1, 0.15) is 0 Å². The second-order valence-corrected chi connectivity index (χ2v) is 8.29. The zero-order chi connectivity index (χ0) is 17.8. The van der Waals surface area contributed by atoms with Crippen LogP contribution in [0, 0.1) is 17.8 Å². The topological polar surface area (TPSA) is 23.6 Å². The maximum atomic E-state index is 12.5. The molecule has 4 heteroatoms. The molecule has 0 unspecified atom stereocenters. The minimum atomic E-state index is 0.182. The zero-order valence-electron chi connectivity index (χ0n) is 15.3. The van der Waals surface area contributed by atoms with E-state index in [1.165, 1.54) is 24.8 Å². The highest BCUT2D eigenvalue weighted by Crippen LogP contribution is 2.41. The summed E-state index contributed by atoms with van der Waals surface area (Å²) in [5.41, 5.74) is 1.37. The van der Waals surface area contributed by atoms with Gasteiger partial charge in [-0.25, -0.2) is 0 Å². The van der Waals surface area contributed by atoms with Crippen LogP contribution in [0.5, 0.6) is 0 Å². The number of carbonyl (C=O) groups is 1. The van der Waals surface area contributed by atoms with Gasteiger partial charge in [-0.2, -0.15) is 0 Å². The highest BCUT2D eigenvalue weighted by atomic mass is 35.5. The molecule has 3 atom stereocenters. The Labute approximate surface area is 156 Å². The van der Waals surface area contributed by atoms with E-state index < -0.39 is 0 Å². The van der Waals surface area contributed by atoms with E-state index in [4.69, 9.17) is 11.6 Å². The Morgan fingerprint density at radius 2 is 2.00 bits per heavy atom. The second kappa shape index (κ2) is 8.37. The molecule has 1 aliphatic carbocycles. The van der Waals surface area contributed by atoms with Crippen molar-refractivity contribution < 1.29 is 4.79 Å². The molecule has 0 bridgehead atoms. The monoisotopic (exact) mass is 360 g/mol. The minimum absolute atomic E-state index is 0.182. The molecule has 1 aliphatic heterocycles. The summed E-state index contributed by atoms with van der Waals surface area (Å²) in [6.07, 6.45) is 8.67. The number of carbonyl (C=O) groups excluding carboxylic acids is 1. The van der Waals surface area contributed by atoms with Gasteiger partial charge in [-0.05, 0) is 68.8 Å². The van der Waals surface area contributed by atoms with Crippen molar-refractivity contribution in [3.8, 4) is 0 Å². The van der Waals surface area contributed by atoms with E-state index in [1.54, 1.807) is 6.08 Å². The lowest BCUT2D eigenvalue weighted by molar-refractivity contribution is -0.125. The van der Waals surface area contributed by atoms with Gasteiger partial charge in [-0.3, -0.25) is 4.79 Å². The van der Waals surface area contributed by atoms with Gasteiger partial charge < -0.3 is 9.80 Å². The van der Waals surface area contributed by atoms with Crippen LogP contribution in [0.4, 0.5) is 0 Å². The van der Waals surface area contributed by atoms with E-state index in [0.29, 0.717) is 17.8 Å². The number of likely N-dealkylation sites (tertiary alicyclic amines) is 1. The highest BCUT2D eigenvalue weighted by molar-refractivity contribution is 6.30. The van der Waals surface area contributed by atoms with Crippen molar-refractivity contribution in [2.24, 2.45) is 17.8 Å². The molecule has 25 heavy (non-hydrogen) atoms. The van der Waals surface area contributed by atoms with E-state index in [2.05, 4.69) is 21.9 Å². The lowest BCUT2D eigenvalue weighted by Gasteiger charge is -2.33. The number of fused-ring (bicyclic) bond motifs is 1. The summed E-state index contributed by atoms with van der Waals surface area (Å²) in [6, 6.07) is 8.26. The fourth-order valence-corrected chi connectivity index (χ4v) is 4.54. The van der Waals surface area contributed by atoms with Crippen molar-refractivity contribution >= 4 is 17.5 Å². The molecule has 1 saturated heterocycles. The molecule has 3 nitrogen and oxygen atoms in total. The molecule has 0 radical (unpaired) electrons. The Morgan fingerprint density at radius 1 is 1.24 bits per heavy atom. The maximum Gasteiger partial charge on any atom is 0.246 e. The highest BCUT2D eigenvalue weighted by Gasteiger charge is 2.41. The number of nitrogens with zero attached hydrogens (tertiary/aromatic N) is 2. The van der Waals surface area contributed by atoms with Crippen LogP contribution in [-0.2, 0) is 11.2 Å². The molecule has 1 aromatic carbocycles. The van der Waals surface area contributed by atoms with Crippen LogP contribution in [0.1, 0.15) is 24.8 Å². The lowest BCUT2D eigenvalue weighted by atomic mass is 9.71. The van der Waals surface area contributed by atoms with Gasteiger partial charge in [-0.1, -0.05) is 36.2 Å². The number of hydrogen-bond acceptors (Lipinski definition) is 2. The number of likely N-dealkylation sites (N-methyl/N-ethyl adjacent to an activating group) is 1. The first kappa shape index (κ1) is 18.5. The largest absolute Gasteiger partial charge is 0.339 e. The standard InChI is InChI=1S/C21H29ClN2O/c1-23(2)12-4-7-21(25)24-14-18-6-3-5-17(20(18)15-24)13-16-8-10-19(22)11-9-16/h4,7-11,17-18,20H,3,5-6,12-15H2,1-2H3/b7-4+/t17-,18-,20-/m1/s1. The van der Waals surface area contributed by atoms with Gasteiger partial charge in [-0.15, -0.1) is 0 Å². The molecule has 0 aromatic heterocycles. The minimum Gasteiger partial charge on any atom is -0.339 e. The molecule has 0 N–H and O–H groups in total. The number of amides is 1. The Morgan fingerprint density at radius 3 is 2.72 bits per heavy atom. The average molecular weight is 361 g/mol. The molecular formula is C21H29ClN2O. The summed E-state index contributed by atoms with van der Waals surface area (Å²) >= 11 is 6.01. The van der Waals surface area contributed by atoms with Crippen LogP contribution in [0.2, 0.25) is 5.02 Å². The van der Waals surface area contributed by atoms with E-state index in [0.717, 1.165) is 31.1 Å². The van der Waals surface area contributed by atoms with Crippen molar-refractivity contribution in [3.05, 3.63) is 47.0 Å². The quantitative estimate of drug-likeness (QED) is 0.744. The normalized spacial score (nSPS) is 26.4. The Hall–Kier alpha value is -1.32. The smallest absolute Gasteiger partial charge is 0.246 e. The fraction of sp³-hybridized carbons (Fsp3) is 0.571. The van der Waals surface area contributed by atoms with Crippen LogP contribution in [0.3, 0.4) is 0 Å². The first-order valence-electron chi connectivity index (χ1n) is 9.37. The molecule has 2 aliphatic rings. The third-order valence-electron chi connectivity index (χ3n) is 5.70. The van der Waals surface area contributed by atoms with Gasteiger partial charge in [0, 0.05) is 30.7 Å². The molecule has 1 heterocycles. The number of benzene rings is 1. The van der Waals surface area contributed by atoms with Crippen LogP contribution >= 0.6 is 11.6 Å². The molecule has 2 fully saturated rings. The summed E-state index contributed by atoms with van der Waals surface area (Å²) in [7, 11) is 4.03. The van der Waals surface area contributed by atoms with Gasteiger partial charge in [0.15, 0.2) is 0 Å². The average Bonchev–Trinajstić information content (AvgIpc) is 3.02. The van der Waals surface area contributed by atoms with Crippen LogP contribution in [0.25, 0.3) is 0 Å². The first-order valence-corrected chi connectivity index (χ1v) is 9.75. The van der Waals surface area contributed by atoms with Gasteiger partial charge >= 0.3 is 0 Å². The van der Waals surface area contributed by atoms with E-state index in [1.807, 2.05) is 32.3 Å². The summed E-state index contributed by atoms with van der Waals surface area (Å²) in [4.78, 5) is 16.6. The van der Waals surface area contributed by atoms with E-state index in [9.17, 15) is 4.79 Å². The zero-order valence-corrected chi connectivity index (χ0v) is 16.1. The predicted octanol–water partition coefficient (Wildman–Crippen LogP) is 3.88. The van der Waals surface area contributed by atoms with Crippen molar-refractivity contribution in [2.45, 2.75) is 25.7 Å². The molecule has 0 spiro atoms. The second-order valence-electron chi connectivity index (χ2n) is 7.85. The molecular weight excluding hydrogens is 332 g/mol. The Kier molecular flexibility index (Phi) is 6.19. The predicted molar refractivity (Wildman–Crippen MR) is 104 cm³/mol. The van der Waals surface area contributed by atoms with Crippen molar-refractivity contribution in [3.63, 3.8) is 0 Å². The maximum absolute atomic E-state index is 12.5. The molecule has 3 rings (SSSR count). The summed E-state index contributed by atoms with van der Waals surface area (Å²) in [5, 5.41) is 0.799. The van der Waals surface area contributed by atoms with Crippen molar-refractivity contribution in [2.75, 3.05) is 33.7 Å². The van der Waals surface area contributed by atoms with Crippen molar-refractivity contribution in [1.29, 1.82) is 0 Å². The van der Waals surface area contributed by atoms with Crippen LogP contribution < -0.4 is 0 Å². The van der Waals surface area contributed by atoms with Crippen LogP contribution in [0.15, 0.2) is 36.4 Å². The lowest BCUT2D eigenvalue weighted by Crippen LogP contribution is -2.30. The Balaban J connectivity index is 1.60. The van der Waals surface area contributed by atoms with Crippen LogP contribution in [-0.4, -0.2) is 49.4 Å². The SMILES string of the molecule is CN(C)C/C=C/C(=O)N1C[C@H]2CCC[C@H](Cc3ccc(Cl)cc3)[C@H]2C1. The number of halogens is 1. The number of rotatable bonds is 5. The fourth-order valence-electron chi connectivity index (χ4n) is 4.42. The van der Waals surface area contributed by atoms with Gasteiger partial charge in [0.25, 0.3) is 0 Å². The third-order valence-corrected chi connectivity index (χ3v) is 5.95. The van der Waals surface area contributed by atoms with E-state index in [-0.39, 0.29) is 5.91 Å². The Bertz CT molecular complexity index is 611. The van der Waals surface area contributed by atoms with Gasteiger partial charge in [0.05, 0.1) is 0 Å².